The molecule has 0 spiro atoms. The van der Waals surface area contributed by atoms with Crippen LogP contribution in [0, 0.1) is 18.3 Å². The van der Waals surface area contributed by atoms with E-state index in [-0.39, 0.29) is 24.2 Å². The Hall–Kier alpha value is -3.25. The minimum Gasteiger partial charge on any atom is -0.467 e. The molecule has 0 aliphatic heterocycles. The van der Waals surface area contributed by atoms with Crippen LogP contribution in [0.4, 0.5) is 13.2 Å². The van der Waals surface area contributed by atoms with Crippen molar-refractivity contribution in [1.82, 2.24) is 10.1 Å². The Bertz CT molecular complexity index is 836. The van der Waals surface area contributed by atoms with Gasteiger partial charge in [-0.15, -0.1) is 0 Å². The Morgan fingerprint density at radius 3 is 2.80 bits per heavy atom. The van der Waals surface area contributed by atoms with Crippen molar-refractivity contribution in [3.63, 3.8) is 0 Å². The first kappa shape index (κ1) is 18.1. The third-order valence-electron chi connectivity index (χ3n) is 3.06. The maximum absolute atomic E-state index is 12.8. The highest BCUT2D eigenvalue weighted by Gasteiger charge is 2.34. The molecule has 0 fully saturated rings. The van der Waals surface area contributed by atoms with Crippen LogP contribution >= 0.6 is 0 Å². The number of pyridine rings is 1. The van der Waals surface area contributed by atoms with Crippen LogP contribution in [-0.4, -0.2) is 16.7 Å². The standard InChI is InChI=1S/C14H11F3N6O2/c1-8-6-10(22-25-8)11(4-5-20-23-19)24-13-9(7-18)2-3-12(21-13)14(15,16)17/h2-3,6,11H,4-5H2,1H3/t11-/m1/s1. The largest absolute Gasteiger partial charge is 0.467 e. The zero-order valence-corrected chi connectivity index (χ0v) is 12.9. The second-order valence-electron chi connectivity index (χ2n) is 4.87. The lowest BCUT2D eigenvalue weighted by molar-refractivity contribution is -0.141. The first-order chi connectivity index (χ1) is 11.8. The molecule has 0 bridgehead atoms. The topological polar surface area (TPSA) is 121 Å². The third-order valence-corrected chi connectivity index (χ3v) is 3.06. The normalized spacial score (nSPS) is 12.1. The average molecular weight is 352 g/mol. The summed E-state index contributed by atoms with van der Waals surface area (Å²) in [7, 11) is 0. The average Bonchev–Trinajstić information content (AvgIpc) is 2.99. The molecule has 2 aromatic rings. The second kappa shape index (κ2) is 7.55. The molecule has 0 saturated heterocycles. The fourth-order valence-corrected chi connectivity index (χ4v) is 1.93. The van der Waals surface area contributed by atoms with Crippen molar-refractivity contribution >= 4 is 0 Å². The van der Waals surface area contributed by atoms with Crippen LogP contribution in [-0.2, 0) is 6.18 Å². The van der Waals surface area contributed by atoms with Gasteiger partial charge in [-0.05, 0) is 31.0 Å². The lowest BCUT2D eigenvalue weighted by atomic mass is 10.1. The molecule has 0 amide bonds. The van der Waals surface area contributed by atoms with Crippen LogP contribution in [0.2, 0.25) is 0 Å². The van der Waals surface area contributed by atoms with Crippen molar-refractivity contribution in [3.8, 4) is 11.9 Å². The van der Waals surface area contributed by atoms with E-state index in [1.165, 1.54) is 6.07 Å². The Balaban J connectivity index is 2.36. The van der Waals surface area contributed by atoms with E-state index < -0.39 is 23.9 Å². The molecule has 2 aromatic heterocycles. The van der Waals surface area contributed by atoms with Crippen molar-refractivity contribution in [3.05, 3.63) is 51.4 Å². The zero-order chi connectivity index (χ0) is 18.4. The van der Waals surface area contributed by atoms with Crippen molar-refractivity contribution in [1.29, 1.82) is 5.26 Å². The first-order valence-electron chi connectivity index (χ1n) is 6.94. The predicted octanol–water partition coefficient (Wildman–Crippen LogP) is 4.09. The number of alkyl halides is 3. The molecule has 130 valence electrons. The lowest BCUT2D eigenvalue weighted by Gasteiger charge is -2.17. The molecule has 2 rings (SSSR count). The number of hydrogen-bond donors (Lipinski definition) is 0. The Morgan fingerprint density at radius 2 is 2.24 bits per heavy atom. The summed E-state index contributed by atoms with van der Waals surface area (Å²) >= 11 is 0. The third kappa shape index (κ3) is 4.62. The van der Waals surface area contributed by atoms with Gasteiger partial charge in [0.1, 0.15) is 34.9 Å². The van der Waals surface area contributed by atoms with Gasteiger partial charge in [0.25, 0.3) is 0 Å². The van der Waals surface area contributed by atoms with Crippen molar-refractivity contribution in [2.45, 2.75) is 25.6 Å². The highest BCUT2D eigenvalue weighted by molar-refractivity contribution is 5.39. The van der Waals surface area contributed by atoms with E-state index in [4.69, 9.17) is 20.1 Å². The molecule has 0 N–H and O–H groups in total. The van der Waals surface area contributed by atoms with Crippen LogP contribution in [0.3, 0.4) is 0 Å². The highest BCUT2D eigenvalue weighted by atomic mass is 19.4. The SMILES string of the molecule is Cc1cc([C@@H](CCN=[N+]=[N-])Oc2nc(C(F)(F)F)ccc2C#N)no1. The number of nitrogens with zero attached hydrogens (tertiary/aromatic N) is 6. The molecule has 0 radical (unpaired) electrons. The van der Waals surface area contributed by atoms with Gasteiger partial charge in [-0.2, -0.15) is 18.4 Å². The van der Waals surface area contributed by atoms with Crippen molar-refractivity contribution in [2.24, 2.45) is 5.11 Å². The number of aryl methyl sites for hydroxylation is 1. The minimum absolute atomic E-state index is 0.00786. The molecule has 0 unspecified atom stereocenters. The molecular formula is C14H11F3N6O2. The van der Waals surface area contributed by atoms with Crippen LogP contribution in [0.25, 0.3) is 10.4 Å². The van der Waals surface area contributed by atoms with Crippen LogP contribution in [0.15, 0.2) is 27.8 Å². The van der Waals surface area contributed by atoms with Crippen molar-refractivity contribution in [2.75, 3.05) is 6.54 Å². The Labute approximate surface area is 139 Å². The van der Waals surface area contributed by atoms with E-state index in [9.17, 15) is 13.2 Å². The second-order valence-corrected chi connectivity index (χ2v) is 4.87. The fraction of sp³-hybridized carbons (Fsp3) is 0.357. The van der Waals surface area contributed by atoms with E-state index >= 15 is 0 Å². The molecule has 0 saturated carbocycles. The summed E-state index contributed by atoms with van der Waals surface area (Å²) in [5.74, 6) is -0.0196. The summed E-state index contributed by atoms with van der Waals surface area (Å²) in [6, 6.07) is 4.92. The van der Waals surface area contributed by atoms with E-state index in [1.54, 1.807) is 13.0 Å². The summed E-state index contributed by atoms with van der Waals surface area (Å²) in [5, 5.41) is 16.2. The van der Waals surface area contributed by atoms with Gasteiger partial charge in [-0.3, -0.25) is 0 Å². The summed E-state index contributed by atoms with van der Waals surface area (Å²) < 4.78 is 48.9. The number of aromatic nitrogens is 2. The molecule has 0 aliphatic carbocycles. The number of azide groups is 1. The van der Waals surface area contributed by atoms with Gasteiger partial charge in [0, 0.05) is 17.5 Å². The number of halogens is 3. The molecule has 0 aromatic carbocycles. The molecule has 0 aliphatic rings. The number of rotatable bonds is 6. The Morgan fingerprint density at radius 1 is 1.48 bits per heavy atom. The molecule has 1 atom stereocenters. The van der Waals surface area contributed by atoms with Crippen LogP contribution in [0.1, 0.15) is 35.2 Å². The summed E-state index contributed by atoms with van der Waals surface area (Å²) in [6.45, 7) is 1.64. The molecule has 8 nitrogen and oxygen atoms in total. The lowest BCUT2D eigenvalue weighted by Crippen LogP contribution is -2.14. The smallest absolute Gasteiger partial charge is 0.433 e. The summed E-state index contributed by atoms with van der Waals surface area (Å²) in [5.41, 5.74) is 7.29. The van der Waals surface area contributed by atoms with Gasteiger partial charge in [0.05, 0.1) is 0 Å². The predicted molar refractivity (Wildman–Crippen MR) is 77.2 cm³/mol. The summed E-state index contributed by atoms with van der Waals surface area (Å²) in [6.07, 6.45) is -5.47. The van der Waals surface area contributed by atoms with Crippen LogP contribution < -0.4 is 4.74 Å². The molecular weight excluding hydrogens is 341 g/mol. The molecule has 11 heteroatoms. The van der Waals surface area contributed by atoms with Crippen molar-refractivity contribution < 1.29 is 22.4 Å². The van der Waals surface area contributed by atoms with E-state index in [2.05, 4.69) is 20.2 Å². The maximum atomic E-state index is 12.8. The Kier molecular flexibility index (Phi) is 5.46. The highest BCUT2D eigenvalue weighted by Crippen LogP contribution is 2.32. The summed E-state index contributed by atoms with van der Waals surface area (Å²) in [4.78, 5) is 5.99. The van der Waals surface area contributed by atoms with Gasteiger partial charge >= 0.3 is 6.18 Å². The number of hydrogen-bond acceptors (Lipinski definition) is 6. The quantitative estimate of drug-likeness (QED) is 0.440. The number of nitriles is 1. The van der Waals surface area contributed by atoms with E-state index in [0.29, 0.717) is 11.8 Å². The van der Waals surface area contributed by atoms with Gasteiger partial charge in [-0.1, -0.05) is 10.3 Å². The van der Waals surface area contributed by atoms with E-state index in [1.807, 2.05) is 0 Å². The van der Waals surface area contributed by atoms with Gasteiger partial charge in [-0.25, -0.2) is 4.98 Å². The minimum atomic E-state index is -4.68. The molecule has 25 heavy (non-hydrogen) atoms. The molecule has 2 heterocycles. The van der Waals surface area contributed by atoms with Gasteiger partial charge < -0.3 is 9.26 Å². The zero-order valence-electron chi connectivity index (χ0n) is 12.9. The van der Waals surface area contributed by atoms with Gasteiger partial charge in [0.2, 0.25) is 5.88 Å². The fourth-order valence-electron chi connectivity index (χ4n) is 1.93. The monoisotopic (exact) mass is 352 g/mol. The van der Waals surface area contributed by atoms with E-state index in [0.717, 1.165) is 6.07 Å². The van der Waals surface area contributed by atoms with Gasteiger partial charge in [0.15, 0.2) is 0 Å². The number of ether oxygens (including phenoxy) is 1. The maximum Gasteiger partial charge on any atom is 0.433 e. The van der Waals surface area contributed by atoms with Crippen LogP contribution in [0.5, 0.6) is 5.88 Å². The first-order valence-corrected chi connectivity index (χ1v) is 6.94.